The molecule has 4 nitrogen and oxygen atoms in total. The van der Waals surface area contributed by atoms with E-state index in [1.165, 1.54) is 0 Å². The lowest BCUT2D eigenvalue weighted by Crippen LogP contribution is -2.32. The number of thioether (sulfide) groups is 2. The Balaban J connectivity index is 1.92. The highest BCUT2D eigenvalue weighted by Crippen LogP contribution is 2.27. The lowest BCUT2D eigenvalue weighted by atomic mass is 10.0. The van der Waals surface area contributed by atoms with Crippen LogP contribution < -0.4 is 5.32 Å². The monoisotopic (exact) mass is 339 g/mol. The minimum absolute atomic E-state index is 0.0132. The fraction of sp³-hybridized carbons (Fsp3) is 0.500. The van der Waals surface area contributed by atoms with Gasteiger partial charge in [0, 0.05) is 35.4 Å². The predicted molar refractivity (Wildman–Crippen MR) is 92.4 cm³/mol. The third-order valence-corrected chi connectivity index (χ3v) is 6.33. The molecule has 0 spiro atoms. The lowest BCUT2D eigenvalue weighted by molar-refractivity contribution is -0.137. The van der Waals surface area contributed by atoms with E-state index in [2.05, 4.69) is 5.32 Å². The number of carbonyl (C=O) groups is 2. The second kappa shape index (κ2) is 9.10. The summed E-state index contributed by atoms with van der Waals surface area (Å²) in [5.41, 5.74) is 0.961. The molecule has 1 aromatic rings. The van der Waals surface area contributed by atoms with Crippen molar-refractivity contribution in [2.75, 3.05) is 17.3 Å². The first kappa shape index (κ1) is 17.2. The normalized spacial score (nSPS) is 19.4. The van der Waals surface area contributed by atoms with Crippen LogP contribution in [-0.4, -0.2) is 39.5 Å². The second-order valence-electron chi connectivity index (χ2n) is 5.24. The van der Waals surface area contributed by atoms with Gasteiger partial charge in [0.1, 0.15) is 0 Å². The molecule has 1 aliphatic heterocycles. The minimum Gasteiger partial charge on any atom is -0.481 e. The SMILES string of the molecule is O=C(O)CCC(NC(=O)CC1CSCCS1)c1ccccc1. The second-order valence-corrected chi connectivity index (χ2v) is 7.79. The Hall–Kier alpha value is -1.14. The van der Waals surface area contributed by atoms with Crippen LogP contribution in [0, 0.1) is 0 Å². The molecule has 22 heavy (non-hydrogen) atoms. The molecule has 0 radical (unpaired) electrons. The zero-order valence-corrected chi connectivity index (χ0v) is 14.0. The van der Waals surface area contributed by atoms with E-state index in [4.69, 9.17) is 5.11 Å². The molecule has 1 aromatic carbocycles. The van der Waals surface area contributed by atoms with Crippen molar-refractivity contribution in [3.63, 3.8) is 0 Å². The van der Waals surface area contributed by atoms with Crippen LogP contribution in [0.25, 0.3) is 0 Å². The summed E-state index contributed by atoms with van der Waals surface area (Å²) < 4.78 is 0. The van der Waals surface area contributed by atoms with Crippen LogP contribution >= 0.6 is 23.5 Å². The van der Waals surface area contributed by atoms with Crippen molar-refractivity contribution in [3.8, 4) is 0 Å². The molecule has 2 unspecified atom stereocenters. The third kappa shape index (κ3) is 5.93. The highest BCUT2D eigenvalue weighted by Gasteiger charge is 2.21. The molecule has 0 aromatic heterocycles. The molecular weight excluding hydrogens is 318 g/mol. The first-order chi connectivity index (χ1) is 10.6. The molecule has 2 rings (SSSR count). The van der Waals surface area contributed by atoms with Gasteiger partial charge >= 0.3 is 5.97 Å². The Morgan fingerprint density at radius 1 is 1.27 bits per heavy atom. The molecule has 6 heteroatoms. The molecule has 0 saturated carbocycles. The highest BCUT2D eigenvalue weighted by atomic mass is 32.2. The van der Waals surface area contributed by atoms with Crippen LogP contribution in [0.4, 0.5) is 0 Å². The molecule has 2 atom stereocenters. The molecular formula is C16H21NO3S2. The Morgan fingerprint density at radius 3 is 2.68 bits per heavy atom. The number of hydrogen-bond acceptors (Lipinski definition) is 4. The van der Waals surface area contributed by atoms with Gasteiger partial charge in [-0.2, -0.15) is 23.5 Å². The molecule has 2 N–H and O–H groups in total. The van der Waals surface area contributed by atoms with Crippen LogP contribution in [0.2, 0.25) is 0 Å². The molecule has 1 aliphatic rings. The van der Waals surface area contributed by atoms with Crippen molar-refractivity contribution in [3.05, 3.63) is 35.9 Å². The first-order valence-corrected chi connectivity index (χ1v) is 9.61. The number of hydrogen-bond donors (Lipinski definition) is 2. The van der Waals surface area contributed by atoms with Gasteiger partial charge in [0.05, 0.1) is 6.04 Å². The number of nitrogens with one attached hydrogen (secondary N) is 1. The summed E-state index contributed by atoms with van der Waals surface area (Å²) in [4.78, 5) is 23.1. The minimum atomic E-state index is -0.839. The number of amides is 1. The molecule has 0 aliphatic carbocycles. The van der Waals surface area contributed by atoms with Crippen molar-refractivity contribution in [2.45, 2.75) is 30.6 Å². The quantitative estimate of drug-likeness (QED) is 0.799. The van der Waals surface area contributed by atoms with Gasteiger partial charge in [-0.25, -0.2) is 0 Å². The lowest BCUT2D eigenvalue weighted by Gasteiger charge is -2.23. The van der Waals surface area contributed by atoms with E-state index >= 15 is 0 Å². The fourth-order valence-electron chi connectivity index (χ4n) is 2.39. The maximum atomic E-state index is 12.3. The number of carbonyl (C=O) groups excluding carboxylic acids is 1. The van der Waals surface area contributed by atoms with E-state index in [1.54, 1.807) is 0 Å². The van der Waals surface area contributed by atoms with Gasteiger partial charge in [-0.3, -0.25) is 9.59 Å². The largest absolute Gasteiger partial charge is 0.481 e. The molecule has 1 fully saturated rings. The topological polar surface area (TPSA) is 66.4 Å². The average molecular weight is 339 g/mol. The van der Waals surface area contributed by atoms with E-state index in [0.717, 1.165) is 22.8 Å². The highest BCUT2D eigenvalue weighted by molar-refractivity contribution is 8.06. The number of aliphatic carboxylic acids is 1. The van der Waals surface area contributed by atoms with Crippen molar-refractivity contribution < 1.29 is 14.7 Å². The maximum Gasteiger partial charge on any atom is 0.303 e. The third-order valence-electron chi connectivity index (χ3n) is 3.48. The van der Waals surface area contributed by atoms with Crippen LogP contribution in [0.15, 0.2) is 30.3 Å². The predicted octanol–water partition coefficient (Wildman–Crippen LogP) is 2.95. The molecule has 1 saturated heterocycles. The zero-order valence-electron chi connectivity index (χ0n) is 12.4. The summed E-state index contributed by atoms with van der Waals surface area (Å²) in [6.07, 6.45) is 0.972. The van der Waals surface area contributed by atoms with Crippen molar-refractivity contribution in [1.29, 1.82) is 0 Å². The summed E-state index contributed by atoms with van der Waals surface area (Å²) in [6, 6.07) is 9.35. The summed E-state index contributed by atoms with van der Waals surface area (Å²) in [5.74, 6) is 2.45. The van der Waals surface area contributed by atoms with Crippen molar-refractivity contribution >= 4 is 35.4 Å². The Labute approximate surface area is 139 Å². The van der Waals surface area contributed by atoms with Crippen LogP contribution in [0.1, 0.15) is 30.9 Å². The van der Waals surface area contributed by atoms with Gasteiger partial charge in [-0.15, -0.1) is 0 Å². The Bertz CT molecular complexity index is 489. The summed E-state index contributed by atoms with van der Waals surface area (Å²) in [5, 5.41) is 12.3. The number of carboxylic acid groups (broad SMARTS) is 1. The van der Waals surface area contributed by atoms with Gasteiger partial charge < -0.3 is 10.4 Å². The number of rotatable bonds is 7. The van der Waals surface area contributed by atoms with Gasteiger partial charge in [0.15, 0.2) is 0 Å². The van der Waals surface area contributed by atoms with Crippen molar-refractivity contribution in [2.24, 2.45) is 0 Å². The molecule has 1 amide bonds. The molecule has 1 heterocycles. The van der Waals surface area contributed by atoms with Crippen LogP contribution in [-0.2, 0) is 9.59 Å². The van der Waals surface area contributed by atoms with Gasteiger partial charge in [-0.05, 0) is 12.0 Å². The van der Waals surface area contributed by atoms with Gasteiger partial charge in [-0.1, -0.05) is 30.3 Å². The zero-order chi connectivity index (χ0) is 15.8. The van der Waals surface area contributed by atoms with Crippen LogP contribution in [0.3, 0.4) is 0 Å². The van der Waals surface area contributed by atoms with Gasteiger partial charge in [0.25, 0.3) is 0 Å². The maximum absolute atomic E-state index is 12.3. The van der Waals surface area contributed by atoms with E-state index < -0.39 is 5.97 Å². The number of carboxylic acids is 1. The Morgan fingerprint density at radius 2 is 2.05 bits per heavy atom. The standard InChI is InChI=1S/C16H21NO3S2/c18-15(10-13-11-21-8-9-22-13)17-14(6-7-16(19)20)12-4-2-1-3-5-12/h1-5,13-14H,6-11H2,(H,17,18)(H,19,20). The van der Waals surface area contributed by atoms with Gasteiger partial charge in [0.2, 0.25) is 5.91 Å². The smallest absolute Gasteiger partial charge is 0.303 e. The van der Waals surface area contributed by atoms with Crippen molar-refractivity contribution in [1.82, 2.24) is 5.32 Å². The Kier molecular flexibility index (Phi) is 7.12. The van der Waals surface area contributed by atoms with E-state index in [1.807, 2.05) is 53.9 Å². The molecule has 0 bridgehead atoms. The fourth-order valence-corrected chi connectivity index (χ4v) is 5.07. The summed E-state index contributed by atoms with van der Waals surface area (Å²) >= 11 is 3.75. The van der Waals surface area contributed by atoms with E-state index in [-0.39, 0.29) is 18.4 Å². The van der Waals surface area contributed by atoms with Crippen LogP contribution in [0.5, 0.6) is 0 Å². The summed E-state index contributed by atoms with van der Waals surface area (Å²) in [7, 11) is 0. The van der Waals surface area contributed by atoms with E-state index in [0.29, 0.717) is 18.1 Å². The van der Waals surface area contributed by atoms with E-state index in [9.17, 15) is 9.59 Å². The average Bonchev–Trinajstić information content (AvgIpc) is 2.53. The first-order valence-electron chi connectivity index (χ1n) is 7.40. The summed E-state index contributed by atoms with van der Waals surface area (Å²) in [6.45, 7) is 0. The molecule has 120 valence electrons. The number of benzene rings is 1.